The number of likely N-dealkylation sites (N-methyl/N-ethyl adjacent to an activating group) is 1. The molecule has 0 atom stereocenters. The fourth-order valence-corrected chi connectivity index (χ4v) is 3.61. The maximum Gasteiger partial charge on any atom is 0.203 e. The third-order valence-electron chi connectivity index (χ3n) is 5.46. The normalized spacial score (nSPS) is 15.3. The first-order chi connectivity index (χ1) is 14.9. The summed E-state index contributed by atoms with van der Waals surface area (Å²) in [6.45, 7) is 4.48. The molecular weight excluding hydrogens is 399 g/mol. The van der Waals surface area contributed by atoms with Crippen LogP contribution in [0.15, 0.2) is 36.4 Å². The van der Waals surface area contributed by atoms with Crippen molar-refractivity contribution in [1.29, 1.82) is 0 Å². The molecule has 7 heteroatoms. The predicted octanol–water partition coefficient (Wildman–Crippen LogP) is 3.50. The second-order valence-electron chi connectivity index (χ2n) is 7.53. The van der Waals surface area contributed by atoms with Crippen molar-refractivity contribution < 1.29 is 23.4 Å². The van der Waals surface area contributed by atoms with E-state index in [1.807, 2.05) is 0 Å². The Labute approximate surface area is 182 Å². The number of rotatable bonds is 8. The molecule has 1 heterocycles. The molecule has 1 aliphatic rings. The molecule has 0 unspecified atom stereocenters. The quantitative estimate of drug-likeness (QED) is 0.474. The lowest BCUT2D eigenvalue weighted by Crippen LogP contribution is -2.43. The van der Waals surface area contributed by atoms with Gasteiger partial charge in [0.05, 0.1) is 21.3 Å². The molecule has 1 aliphatic heterocycles. The van der Waals surface area contributed by atoms with E-state index in [0.717, 1.165) is 37.3 Å². The largest absolute Gasteiger partial charge is 0.493 e. The van der Waals surface area contributed by atoms with Crippen LogP contribution in [0.5, 0.6) is 17.2 Å². The fraction of sp³-hybridized carbons (Fsp3) is 0.375. The highest BCUT2D eigenvalue weighted by Gasteiger charge is 2.17. The summed E-state index contributed by atoms with van der Waals surface area (Å²) in [5.41, 5.74) is 2.09. The summed E-state index contributed by atoms with van der Waals surface area (Å²) >= 11 is 0. The van der Waals surface area contributed by atoms with Gasteiger partial charge in [0.15, 0.2) is 17.3 Å². The number of carbonyl (C=O) groups excluding carboxylic acids is 1. The number of hydrogen-bond acceptors (Lipinski definition) is 6. The first-order valence-electron chi connectivity index (χ1n) is 10.2. The van der Waals surface area contributed by atoms with Crippen LogP contribution in [0.4, 0.5) is 4.39 Å². The lowest BCUT2D eigenvalue weighted by Gasteiger charge is -2.32. The van der Waals surface area contributed by atoms with Gasteiger partial charge < -0.3 is 19.1 Å². The summed E-state index contributed by atoms with van der Waals surface area (Å²) in [4.78, 5) is 17.4. The van der Waals surface area contributed by atoms with Crippen molar-refractivity contribution in [1.82, 2.24) is 9.80 Å². The molecule has 0 bridgehead atoms. The summed E-state index contributed by atoms with van der Waals surface area (Å²) in [6.07, 6.45) is 3.22. The van der Waals surface area contributed by atoms with E-state index in [1.165, 1.54) is 33.5 Å². The monoisotopic (exact) mass is 428 g/mol. The smallest absolute Gasteiger partial charge is 0.203 e. The summed E-state index contributed by atoms with van der Waals surface area (Å²) in [5, 5.41) is 0. The topological polar surface area (TPSA) is 51.2 Å². The minimum absolute atomic E-state index is 0.214. The van der Waals surface area contributed by atoms with Crippen molar-refractivity contribution >= 4 is 11.9 Å². The van der Waals surface area contributed by atoms with Crippen LogP contribution in [0.3, 0.4) is 0 Å². The van der Waals surface area contributed by atoms with Gasteiger partial charge in [0.2, 0.25) is 5.75 Å². The number of ketones is 1. The maximum absolute atomic E-state index is 13.9. The van der Waals surface area contributed by atoms with E-state index in [0.29, 0.717) is 29.4 Å². The minimum atomic E-state index is -0.280. The minimum Gasteiger partial charge on any atom is -0.493 e. The third-order valence-corrected chi connectivity index (χ3v) is 5.46. The Kier molecular flexibility index (Phi) is 7.65. The van der Waals surface area contributed by atoms with E-state index in [2.05, 4.69) is 16.8 Å². The van der Waals surface area contributed by atoms with E-state index < -0.39 is 0 Å². The standard InChI is InChI=1S/C24H29FN2O4/c1-26-9-11-27(12-10-26)16-19-13-20(25)7-5-17(19)6-8-21(28)18-14-22(29-2)24(31-4)23(15-18)30-3/h5-8,13-15H,9-12,16H2,1-4H3/b8-6+. The third kappa shape index (κ3) is 5.62. The van der Waals surface area contributed by atoms with Crippen LogP contribution in [0, 0.1) is 5.82 Å². The number of ether oxygens (including phenoxy) is 3. The predicted molar refractivity (Wildman–Crippen MR) is 119 cm³/mol. The van der Waals surface area contributed by atoms with Crippen LogP contribution in [0.25, 0.3) is 6.08 Å². The molecular formula is C24H29FN2O4. The molecule has 3 rings (SSSR count). The number of methoxy groups -OCH3 is 3. The Hall–Kier alpha value is -2.90. The molecule has 0 aromatic heterocycles. The molecule has 1 fully saturated rings. The van der Waals surface area contributed by atoms with Crippen molar-refractivity contribution in [3.05, 3.63) is 58.9 Å². The van der Waals surface area contributed by atoms with Crippen LogP contribution >= 0.6 is 0 Å². The molecule has 1 saturated heterocycles. The molecule has 2 aromatic rings. The highest BCUT2D eigenvalue weighted by molar-refractivity contribution is 6.07. The zero-order chi connectivity index (χ0) is 22.4. The number of allylic oxidation sites excluding steroid dienone is 1. The van der Waals surface area contributed by atoms with Crippen molar-refractivity contribution in [3.8, 4) is 17.2 Å². The number of carbonyl (C=O) groups is 1. The highest BCUT2D eigenvalue weighted by Crippen LogP contribution is 2.38. The van der Waals surface area contributed by atoms with Crippen LogP contribution in [-0.4, -0.2) is 70.1 Å². The zero-order valence-electron chi connectivity index (χ0n) is 18.5. The van der Waals surface area contributed by atoms with E-state index in [-0.39, 0.29) is 11.6 Å². The summed E-state index contributed by atoms with van der Waals surface area (Å²) < 4.78 is 29.9. The van der Waals surface area contributed by atoms with Crippen molar-refractivity contribution in [2.45, 2.75) is 6.54 Å². The van der Waals surface area contributed by atoms with Crippen molar-refractivity contribution in [2.75, 3.05) is 54.6 Å². The van der Waals surface area contributed by atoms with Crippen LogP contribution < -0.4 is 14.2 Å². The average Bonchev–Trinajstić information content (AvgIpc) is 2.78. The van der Waals surface area contributed by atoms with E-state index in [1.54, 1.807) is 30.3 Å². The van der Waals surface area contributed by atoms with Gasteiger partial charge >= 0.3 is 0 Å². The number of nitrogens with zero attached hydrogens (tertiary/aromatic N) is 2. The van der Waals surface area contributed by atoms with Gasteiger partial charge in [0.25, 0.3) is 0 Å². The van der Waals surface area contributed by atoms with Gasteiger partial charge in [-0.1, -0.05) is 12.1 Å². The van der Waals surface area contributed by atoms with Crippen LogP contribution in [0.2, 0.25) is 0 Å². The van der Waals surface area contributed by atoms with Crippen molar-refractivity contribution in [2.24, 2.45) is 0 Å². The molecule has 0 radical (unpaired) electrons. The molecule has 166 valence electrons. The van der Waals surface area contributed by atoms with Gasteiger partial charge in [0.1, 0.15) is 5.82 Å². The van der Waals surface area contributed by atoms with Crippen LogP contribution in [0.1, 0.15) is 21.5 Å². The summed E-state index contributed by atoms with van der Waals surface area (Å²) in [7, 11) is 6.62. The molecule has 0 saturated carbocycles. The molecule has 0 N–H and O–H groups in total. The summed E-state index contributed by atoms with van der Waals surface area (Å²) in [6, 6.07) is 7.90. The maximum atomic E-state index is 13.9. The molecule has 2 aromatic carbocycles. The molecule has 0 aliphatic carbocycles. The molecule has 0 amide bonds. The number of piperazine rings is 1. The van der Waals surface area contributed by atoms with E-state index >= 15 is 0 Å². The number of benzene rings is 2. The fourth-order valence-electron chi connectivity index (χ4n) is 3.61. The Morgan fingerprint density at radius 1 is 1.00 bits per heavy atom. The number of hydrogen-bond donors (Lipinski definition) is 0. The van der Waals surface area contributed by atoms with E-state index in [4.69, 9.17) is 14.2 Å². The number of halogens is 1. The first-order valence-corrected chi connectivity index (χ1v) is 10.2. The van der Waals surface area contributed by atoms with Gasteiger partial charge in [-0.3, -0.25) is 9.69 Å². The molecule has 0 spiro atoms. The lowest BCUT2D eigenvalue weighted by atomic mass is 10.0. The second kappa shape index (κ2) is 10.4. The van der Waals surface area contributed by atoms with Gasteiger partial charge in [-0.25, -0.2) is 4.39 Å². The van der Waals surface area contributed by atoms with Gasteiger partial charge in [-0.15, -0.1) is 0 Å². The zero-order valence-corrected chi connectivity index (χ0v) is 18.5. The second-order valence-corrected chi connectivity index (χ2v) is 7.53. The lowest BCUT2D eigenvalue weighted by molar-refractivity contribution is 0.104. The first kappa shape index (κ1) is 22.8. The Balaban J connectivity index is 1.82. The van der Waals surface area contributed by atoms with Gasteiger partial charge in [0, 0.05) is 38.3 Å². The molecule has 6 nitrogen and oxygen atoms in total. The van der Waals surface area contributed by atoms with E-state index in [9.17, 15) is 9.18 Å². The molecule has 31 heavy (non-hydrogen) atoms. The Morgan fingerprint density at radius 2 is 1.65 bits per heavy atom. The highest BCUT2D eigenvalue weighted by atomic mass is 19.1. The SMILES string of the molecule is COc1cc(C(=O)/C=C/c2ccc(F)cc2CN2CCN(C)CC2)cc(OC)c1OC. The Morgan fingerprint density at radius 3 is 2.23 bits per heavy atom. The van der Waals surface area contributed by atoms with Gasteiger partial charge in [-0.2, -0.15) is 0 Å². The van der Waals surface area contributed by atoms with Crippen molar-refractivity contribution in [3.63, 3.8) is 0 Å². The van der Waals surface area contributed by atoms with Gasteiger partial charge in [-0.05, 0) is 48.5 Å². The summed E-state index contributed by atoms with van der Waals surface area (Å²) in [5.74, 6) is 0.761. The van der Waals surface area contributed by atoms with Crippen LogP contribution in [-0.2, 0) is 6.54 Å². The average molecular weight is 429 g/mol. The Bertz CT molecular complexity index is 928.